The molecule has 23 heavy (non-hydrogen) atoms. The molecule has 0 aromatic heterocycles. The van der Waals surface area contributed by atoms with Crippen molar-refractivity contribution in [2.75, 3.05) is 6.61 Å². The van der Waals surface area contributed by atoms with Crippen LogP contribution >= 0.6 is 15.9 Å². The molecule has 0 spiro atoms. The van der Waals surface area contributed by atoms with Crippen molar-refractivity contribution in [2.24, 2.45) is 0 Å². The molecular formula is C15H13BrO5S2. The van der Waals surface area contributed by atoms with Gasteiger partial charge in [-0.25, -0.2) is 16.8 Å². The Balaban J connectivity index is 2.39. The summed E-state index contributed by atoms with van der Waals surface area (Å²) in [4.78, 5) is -0.897. The maximum atomic E-state index is 12.8. The van der Waals surface area contributed by atoms with Crippen molar-refractivity contribution in [3.8, 4) is 0 Å². The summed E-state index contributed by atoms with van der Waals surface area (Å²) in [5, 5.41) is 9.24. The second-order valence-corrected chi connectivity index (χ2v) is 10.1. The van der Waals surface area contributed by atoms with Gasteiger partial charge in [-0.15, -0.1) is 0 Å². The first-order valence-electron chi connectivity index (χ1n) is 6.74. The second kappa shape index (κ2) is 5.41. The van der Waals surface area contributed by atoms with Crippen LogP contribution < -0.4 is 0 Å². The maximum Gasteiger partial charge on any atom is 0.209 e. The zero-order valence-electron chi connectivity index (χ0n) is 12.0. The van der Waals surface area contributed by atoms with Gasteiger partial charge in [-0.05, 0) is 35.9 Å². The normalized spacial score (nSPS) is 18.7. The van der Waals surface area contributed by atoms with Crippen LogP contribution in [0.25, 0.3) is 0 Å². The van der Waals surface area contributed by atoms with E-state index in [1.807, 2.05) is 0 Å². The SMILES string of the molecule is CC(CO)c1ccc2c(c1)S(=O)(=O)c1ccc(Br)cc1S2(=O)=O. The molecular weight excluding hydrogens is 404 g/mol. The summed E-state index contributed by atoms with van der Waals surface area (Å²) in [6, 6.07) is 8.27. The van der Waals surface area contributed by atoms with Crippen molar-refractivity contribution in [3.05, 3.63) is 46.4 Å². The fourth-order valence-electron chi connectivity index (χ4n) is 2.52. The molecule has 1 aliphatic rings. The third-order valence-electron chi connectivity index (χ3n) is 3.87. The highest BCUT2D eigenvalue weighted by atomic mass is 79.9. The summed E-state index contributed by atoms with van der Waals surface area (Å²) in [6.45, 7) is 1.58. The highest BCUT2D eigenvalue weighted by molar-refractivity contribution is 9.10. The summed E-state index contributed by atoms with van der Waals surface area (Å²) in [5.74, 6) is -0.287. The fourth-order valence-corrected chi connectivity index (χ4v) is 7.20. The van der Waals surface area contributed by atoms with Crippen molar-refractivity contribution < 1.29 is 21.9 Å². The van der Waals surface area contributed by atoms with Gasteiger partial charge in [-0.1, -0.05) is 28.9 Å². The summed E-state index contributed by atoms with van der Waals surface area (Å²) in [6.07, 6.45) is 0. The average Bonchev–Trinajstić information content (AvgIpc) is 2.52. The Bertz CT molecular complexity index is 1010. The van der Waals surface area contributed by atoms with E-state index in [-0.39, 0.29) is 32.1 Å². The number of halogens is 1. The minimum atomic E-state index is -3.94. The van der Waals surface area contributed by atoms with Gasteiger partial charge in [0.05, 0.1) is 19.6 Å². The number of aliphatic hydroxyl groups excluding tert-OH is 1. The highest BCUT2D eigenvalue weighted by Crippen LogP contribution is 2.42. The number of benzene rings is 2. The van der Waals surface area contributed by atoms with Crippen molar-refractivity contribution in [3.63, 3.8) is 0 Å². The molecule has 0 amide bonds. The standard InChI is InChI=1S/C15H13BrO5S2/c1-9(8-17)10-2-4-12-14(6-10)22(18,19)13-5-3-11(16)7-15(13)23(12,20)21/h2-7,9,17H,8H2,1H3. The van der Waals surface area contributed by atoms with Crippen LogP contribution in [-0.4, -0.2) is 28.5 Å². The number of fused-ring (bicyclic) bond motifs is 2. The van der Waals surface area contributed by atoms with Gasteiger partial charge < -0.3 is 5.11 Å². The smallest absolute Gasteiger partial charge is 0.209 e. The molecule has 2 aromatic carbocycles. The molecule has 1 atom stereocenters. The number of hydrogen-bond acceptors (Lipinski definition) is 5. The second-order valence-electron chi connectivity index (χ2n) is 5.39. The van der Waals surface area contributed by atoms with E-state index in [9.17, 15) is 21.9 Å². The number of sulfone groups is 2. The third-order valence-corrected chi connectivity index (χ3v) is 8.33. The summed E-state index contributed by atoms with van der Waals surface area (Å²) < 4.78 is 51.6. The molecule has 1 N–H and O–H groups in total. The molecule has 0 fully saturated rings. The van der Waals surface area contributed by atoms with Crippen LogP contribution in [0, 0.1) is 0 Å². The number of aliphatic hydroxyl groups is 1. The van der Waals surface area contributed by atoms with E-state index in [4.69, 9.17) is 0 Å². The van der Waals surface area contributed by atoms with E-state index in [2.05, 4.69) is 15.9 Å². The first-order valence-corrected chi connectivity index (χ1v) is 10.5. The van der Waals surface area contributed by atoms with E-state index < -0.39 is 19.7 Å². The number of rotatable bonds is 2. The Morgan fingerprint density at radius 3 is 2.00 bits per heavy atom. The monoisotopic (exact) mass is 416 g/mol. The first-order chi connectivity index (χ1) is 10.7. The average molecular weight is 417 g/mol. The summed E-state index contributed by atoms with van der Waals surface area (Å²) in [5.41, 5.74) is 0.575. The molecule has 1 aliphatic heterocycles. The zero-order chi connectivity index (χ0) is 17.0. The molecule has 5 nitrogen and oxygen atoms in total. The van der Waals surface area contributed by atoms with Crippen molar-refractivity contribution in [2.45, 2.75) is 32.4 Å². The van der Waals surface area contributed by atoms with Crippen LogP contribution in [0.15, 0.2) is 60.5 Å². The first kappa shape index (κ1) is 16.6. The minimum absolute atomic E-state index is 0.158. The van der Waals surface area contributed by atoms with E-state index in [0.29, 0.717) is 10.0 Å². The Kier molecular flexibility index (Phi) is 3.91. The molecule has 2 aromatic rings. The van der Waals surface area contributed by atoms with Gasteiger partial charge in [0.1, 0.15) is 0 Å². The fraction of sp³-hybridized carbons (Fsp3) is 0.200. The molecule has 122 valence electrons. The summed E-state index contributed by atoms with van der Waals surface area (Å²) >= 11 is 3.17. The lowest BCUT2D eigenvalue weighted by atomic mass is 10.0. The molecule has 1 heterocycles. The van der Waals surface area contributed by atoms with Crippen LogP contribution in [0.5, 0.6) is 0 Å². The molecule has 1 unspecified atom stereocenters. The lowest BCUT2D eigenvalue weighted by molar-refractivity contribution is 0.273. The van der Waals surface area contributed by atoms with E-state index in [0.717, 1.165) is 0 Å². The van der Waals surface area contributed by atoms with Gasteiger partial charge in [0.25, 0.3) is 0 Å². The topological polar surface area (TPSA) is 88.5 Å². The molecule has 8 heteroatoms. The lowest BCUT2D eigenvalue weighted by Gasteiger charge is -2.21. The van der Waals surface area contributed by atoms with Crippen molar-refractivity contribution in [1.82, 2.24) is 0 Å². The summed E-state index contributed by atoms with van der Waals surface area (Å²) in [7, 11) is -7.85. The van der Waals surface area contributed by atoms with E-state index in [1.165, 1.54) is 36.4 Å². The molecule has 3 rings (SSSR count). The van der Waals surface area contributed by atoms with Crippen LogP contribution in [0.4, 0.5) is 0 Å². The minimum Gasteiger partial charge on any atom is -0.396 e. The van der Waals surface area contributed by atoms with Crippen molar-refractivity contribution in [1.29, 1.82) is 0 Å². The van der Waals surface area contributed by atoms with Gasteiger partial charge in [0.15, 0.2) is 0 Å². The van der Waals surface area contributed by atoms with E-state index >= 15 is 0 Å². The maximum absolute atomic E-state index is 12.8. The largest absolute Gasteiger partial charge is 0.396 e. The molecule has 0 aliphatic carbocycles. The van der Waals surface area contributed by atoms with Crippen LogP contribution in [0.1, 0.15) is 18.4 Å². The predicted molar refractivity (Wildman–Crippen MR) is 87.0 cm³/mol. The number of hydrogen-bond donors (Lipinski definition) is 1. The Hall–Kier alpha value is -1.22. The van der Waals surface area contributed by atoms with Crippen LogP contribution in [-0.2, 0) is 19.7 Å². The van der Waals surface area contributed by atoms with Gasteiger partial charge in [0.2, 0.25) is 19.7 Å². The highest BCUT2D eigenvalue weighted by Gasteiger charge is 2.39. The predicted octanol–water partition coefficient (Wildman–Crippen LogP) is 2.52. The Morgan fingerprint density at radius 1 is 0.913 bits per heavy atom. The van der Waals surface area contributed by atoms with Gasteiger partial charge in [0, 0.05) is 17.0 Å². The van der Waals surface area contributed by atoms with Gasteiger partial charge in [-0.3, -0.25) is 0 Å². The van der Waals surface area contributed by atoms with Gasteiger partial charge in [-0.2, -0.15) is 0 Å². The molecule has 0 bridgehead atoms. The Labute approximate surface area is 142 Å². The third kappa shape index (κ3) is 2.44. The lowest BCUT2D eigenvalue weighted by Crippen LogP contribution is -2.20. The molecule has 0 saturated carbocycles. The Morgan fingerprint density at radius 2 is 1.43 bits per heavy atom. The van der Waals surface area contributed by atoms with Crippen molar-refractivity contribution >= 4 is 35.6 Å². The zero-order valence-corrected chi connectivity index (χ0v) is 15.2. The van der Waals surface area contributed by atoms with Gasteiger partial charge >= 0.3 is 0 Å². The van der Waals surface area contributed by atoms with E-state index in [1.54, 1.807) is 6.92 Å². The molecule has 0 saturated heterocycles. The van der Waals surface area contributed by atoms with Crippen LogP contribution in [0.2, 0.25) is 0 Å². The molecule has 0 radical (unpaired) electrons. The quantitative estimate of drug-likeness (QED) is 0.692. The van der Waals surface area contributed by atoms with Crippen LogP contribution in [0.3, 0.4) is 0 Å².